The number of rotatable bonds is 7. The molecule has 4 nitrogen and oxygen atoms in total. The molecular formula is C26H28N2O2S. The molecule has 1 fully saturated rings. The first kappa shape index (κ1) is 20.5. The standard InChI is InChI=1S/C26H28N2O2S/c27-15-25-7-8-26(31-25)18-30-23-6-5-19-9-11-28(17-22(19)14-23)16-21-4-2-1-3-20(21)13-24-10-12-29-24/h1-8,14,20-21,24H,9-13,16-18H2. The van der Waals surface area contributed by atoms with Gasteiger partial charge in [0.2, 0.25) is 0 Å². The number of ether oxygens (including phenoxy) is 2. The highest BCUT2D eigenvalue weighted by Gasteiger charge is 2.28. The lowest BCUT2D eigenvalue weighted by Gasteiger charge is -2.36. The van der Waals surface area contributed by atoms with E-state index >= 15 is 0 Å². The van der Waals surface area contributed by atoms with Crippen molar-refractivity contribution in [3.8, 4) is 11.8 Å². The van der Waals surface area contributed by atoms with E-state index in [1.807, 2.05) is 12.1 Å². The maximum Gasteiger partial charge on any atom is 0.122 e. The number of allylic oxidation sites excluding steroid dienone is 3. The van der Waals surface area contributed by atoms with Crippen LogP contribution in [0.2, 0.25) is 0 Å². The van der Waals surface area contributed by atoms with Crippen LogP contribution in [0.4, 0.5) is 0 Å². The van der Waals surface area contributed by atoms with Crippen LogP contribution in [0.3, 0.4) is 0 Å². The van der Waals surface area contributed by atoms with E-state index in [-0.39, 0.29) is 0 Å². The average molecular weight is 433 g/mol. The Labute approximate surface area is 188 Å². The summed E-state index contributed by atoms with van der Waals surface area (Å²) < 4.78 is 11.7. The Morgan fingerprint density at radius 2 is 2.00 bits per heavy atom. The summed E-state index contributed by atoms with van der Waals surface area (Å²) in [5.74, 6) is 2.05. The fourth-order valence-electron chi connectivity index (χ4n) is 4.73. The van der Waals surface area contributed by atoms with Crippen LogP contribution < -0.4 is 4.74 Å². The molecule has 5 heteroatoms. The number of nitrogens with zero attached hydrogens (tertiary/aromatic N) is 2. The predicted molar refractivity (Wildman–Crippen MR) is 123 cm³/mol. The number of hydrogen-bond acceptors (Lipinski definition) is 5. The Balaban J connectivity index is 1.20. The van der Waals surface area contributed by atoms with E-state index in [0.29, 0.717) is 24.5 Å². The summed E-state index contributed by atoms with van der Waals surface area (Å²) in [6.45, 7) is 4.62. The molecule has 160 valence electrons. The van der Waals surface area contributed by atoms with Gasteiger partial charge in [0.25, 0.3) is 0 Å². The van der Waals surface area contributed by atoms with Crippen LogP contribution in [0.15, 0.2) is 54.6 Å². The zero-order valence-electron chi connectivity index (χ0n) is 17.7. The molecule has 3 heterocycles. The fraction of sp³-hybridized carbons (Fsp3) is 0.423. The highest BCUT2D eigenvalue weighted by atomic mass is 32.1. The summed E-state index contributed by atoms with van der Waals surface area (Å²) in [7, 11) is 0. The van der Waals surface area contributed by atoms with Crippen LogP contribution in [-0.4, -0.2) is 30.7 Å². The summed E-state index contributed by atoms with van der Waals surface area (Å²) in [6, 6.07) is 12.5. The van der Waals surface area contributed by atoms with Gasteiger partial charge in [0.15, 0.2) is 0 Å². The molecule has 2 aromatic rings. The summed E-state index contributed by atoms with van der Waals surface area (Å²) in [5.41, 5.74) is 2.81. The molecule has 2 aliphatic heterocycles. The summed E-state index contributed by atoms with van der Waals surface area (Å²) in [5, 5.41) is 8.99. The van der Waals surface area contributed by atoms with Gasteiger partial charge in [0.1, 0.15) is 23.3 Å². The number of hydrogen-bond donors (Lipinski definition) is 0. The molecule has 0 saturated carbocycles. The van der Waals surface area contributed by atoms with Gasteiger partial charge in [-0.3, -0.25) is 4.90 Å². The minimum Gasteiger partial charge on any atom is -0.488 e. The third-order valence-electron chi connectivity index (χ3n) is 6.60. The molecule has 1 aliphatic carbocycles. The number of thiophene rings is 1. The van der Waals surface area contributed by atoms with Gasteiger partial charge in [-0.05, 0) is 66.5 Å². The molecule has 1 aromatic heterocycles. The second-order valence-electron chi connectivity index (χ2n) is 8.70. The lowest BCUT2D eigenvalue weighted by molar-refractivity contribution is -0.0628. The van der Waals surface area contributed by atoms with E-state index in [1.54, 1.807) is 0 Å². The Hall–Kier alpha value is -2.39. The number of nitriles is 1. The van der Waals surface area contributed by atoms with E-state index in [9.17, 15) is 0 Å². The number of fused-ring (bicyclic) bond motifs is 1. The van der Waals surface area contributed by atoms with Crippen molar-refractivity contribution in [2.75, 3.05) is 19.7 Å². The van der Waals surface area contributed by atoms with E-state index < -0.39 is 0 Å². The Morgan fingerprint density at radius 1 is 1.13 bits per heavy atom. The van der Waals surface area contributed by atoms with Crippen molar-refractivity contribution in [2.45, 2.75) is 38.5 Å². The van der Waals surface area contributed by atoms with Crippen LogP contribution in [0.25, 0.3) is 0 Å². The Bertz CT molecular complexity index is 1010. The van der Waals surface area contributed by atoms with E-state index in [4.69, 9.17) is 14.7 Å². The van der Waals surface area contributed by atoms with Crippen LogP contribution in [-0.2, 0) is 24.3 Å². The first-order chi connectivity index (χ1) is 15.3. The van der Waals surface area contributed by atoms with Crippen molar-refractivity contribution in [3.63, 3.8) is 0 Å². The van der Waals surface area contributed by atoms with Gasteiger partial charge < -0.3 is 9.47 Å². The first-order valence-corrected chi connectivity index (χ1v) is 12.0. The second-order valence-corrected chi connectivity index (χ2v) is 9.87. The van der Waals surface area contributed by atoms with Gasteiger partial charge >= 0.3 is 0 Å². The normalized spacial score (nSPS) is 24.9. The highest BCUT2D eigenvalue weighted by Crippen LogP contribution is 2.31. The molecule has 31 heavy (non-hydrogen) atoms. The molecule has 0 N–H and O–H groups in total. The van der Waals surface area contributed by atoms with Gasteiger partial charge in [0, 0.05) is 31.1 Å². The molecular weight excluding hydrogens is 404 g/mol. The minimum atomic E-state index is 0.457. The Morgan fingerprint density at radius 3 is 2.77 bits per heavy atom. The SMILES string of the molecule is N#Cc1ccc(COc2ccc3c(c2)CN(CC2C=CC=CC2CC2CCO2)CC3)s1. The van der Waals surface area contributed by atoms with E-state index in [2.05, 4.69) is 53.5 Å². The highest BCUT2D eigenvalue weighted by molar-refractivity contribution is 7.12. The Kier molecular flexibility index (Phi) is 6.22. The lowest BCUT2D eigenvalue weighted by Crippen LogP contribution is -2.38. The van der Waals surface area contributed by atoms with Crippen molar-refractivity contribution < 1.29 is 9.47 Å². The third-order valence-corrected chi connectivity index (χ3v) is 7.56. The minimum absolute atomic E-state index is 0.457. The van der Waals surface area contributed by atoms with E-state index in [0.717, 1.165) is 54.6 Å². The zero-order chi connectivity index (χ0) is 21.0. The van der Waals surface area contributed by atoms with Crippen LogP contribution in [0, 0.1) is 23.2 Å². The summed E-state index contributed by atoms with van der Waals surface area (Å²) in [6.07, 6.45) is 13.1. The van der Waals surface area contributed by atoms with Crippen molar-refractivity contribution >= 4 is 11.3 Å². The van der Waals surface area contributed by atoms with Gasteiger partial charge in [-0.15, -0.1) is 11.3 Å². The van der Waals surface area contributed by atoms with Crippen molar-refractivity contribution in [1.82, 2.24) is 4.90 Å². The van der Waals surface area contributed by atoms with Gasteiger partial charge in [-0.1, -0.05) is 30.4 Å². The predicted octanol–water partition coefficient (Wildman–Crippen LogP) is 5.09. The second kappa shape index (κ2) is 9.40. The maximum atomic E-state index is 8.99. The largest absolute Gasteiger partial charge is 0.488 e. The number of benzene rings is 1. The quantitative estimate of drug-likeness (QED) is 0.611. The van der Waals surface area contributed by atoms with Crippen molar-refractivity contribution in [2.24, 2.45) is 11.8 Å². The monoisotopic (exact) mass is 432 g/mol. The average Bonchev–Trinajstić information content (AvgIpc) is 3.24. The van der Waals surface area contributed by atoms with Crippen molar-refractivity contribution in [1.29, 1.82) is 5.26 Å². The molecule has 3 atom stereocenters. The van der Waals surface area contributed by atoms with Gasteiger partial charge in [0.05, 0.1) is 6.10 Å². The molecule has 3 aliphatic rings. The molecule has 5 rings (SSSR count). The zero-order valence-corrected chi connectivity index (χ0v) is 18.5. The van der Waals surface area contributed by atoms with Gasteiger partial charge in [-0.25, -0.2) is 0 Å². The van der Waals surface area contributed by atoms with Crippen LogP contribution >= 0.6 is 11.3 Å². The fourth-order valence-corrected chi connectivity index (χ4v) is 5.45. The topological polar surface area (TPSA) is 45.5 Å². The smallest absolute Gasteiger partial charge is 0.122 e. The molecule has 0 spiro atoms. The maximum absolute atomic E-state index is 8.99. The van der Waals surface area contributed by atoms with E-state index in [1.165, 1.54) is 28.9 Å². The summed E-state index contributed by atoms with van der Waals surface area (Å²) in [4.78, 5) is 4.40. The molecule has 0 radical (unpaired) electrons. The van der Waals surface area contributed by atoms with Crippen LogP contribution in [0.1, 0.15) is 33.7 Å². The van der Waals surface area contributed by atoms with Gasteiger partial charge in [-0.2, -0.15) is 5.26 Å². The molecule has 0 bridgehead atoms. The molecule has 1 saturated heterocycles. The first-order valence-electron chi connectivity index (χ1n) is 11.2. The molecule has 1 aromatic carbocycles. The summed E-state index contributed by atoms with van der Waals surface area (Å²) >= 11 is 1.50. The molecule has 0 amide bonds. The molecule has 3 unspecified atom stereocenters. The lowest BCUT2D eigenvalue weighted by atomic mass is 9.82. The van der Waals surface area contributed by atoms with Crippen LogP contribution in [0.5, 0.6) is 5.75 Å². The van der Waals surface area contributed by atoms with Crippen molar-refractivity contribution in [3.05, 3.63) is 75.5 Å². The third kappa shape index (κ3) is 4.93.